The highest BCUT2D eigenvalue weighted by Crippen LogP contribution is 2.20. The predicted octanol–water partition coefficient (Wildman–Crippen LogP) is 3.88. The summed E-state index contributed by atoms with van der Waals surface area (Å²) in [5.41, 5.74) is 1.86. The molecule has 0 amide bonds. The summed E-state index contributed by atoms with van der Waals surface area (Å²) in [4.78, 5) is 15.8. The number of hydrogen-bond donors (Lipinski definition) is 0. The zero-order chi connectivity index (χ0) is 12.0. The molecule has 0 aliphatic rings. The third-order valence-electron chi connectivity index (χ3n) is 2.08. The SMILES string of the molecule is C=C/C=C\C(=C/C)c1csc(C(=O)CC)n1. The van der Waals surface area contributed by atoms with E-state index in [1.165, 1.54) is 11.3 Å². The van der Waals surface area contributed by atoms with Crippen LogP contribution in [0.2, 0.25) is 0 Å². The van der Waals surface area contributed by atoms with Gasteiger partial charge in [-0.3, -0.25) is 4.79 Å². The molecular formula is C13H15NOS. The summed E-state index contributed by atoms with van der Waals surface area (Å²) in [6.07, 6.45) is 7.97. The van der Waals surface area contributed by atoms with E-state index in [0.29, 0.717) is 11.4 Å². The van der Waals surface area contributed by atoms with Crippen LogP contribution in [0.5, 0.6) is 0 Å². The van der Waals surface area contributed by atoms with Crippen molar-refractivity contribution >= 4 is 22.7 Å². The van der Waals surface area contributed by atoms with Crippen molar-refractivity contribution in [1.29, 1.82) is 0 Å². The molecular weight excluding hydrogens is 218 g/mol. The molecule has 3 heteroatoms. The molecule has 0 N–H and O–H groups in total. The van der Waals surface area contributed by atoms with Crippen LogP contribution in [-0.2, 0) is 0 Å². The fourth-order valence-electron chi connectivity index (χ4n) is 1.19. The third-order valence-corrected chi connectivity index (χ3v) is 2.97. The van der Waals surface area contributed by atoms with Crippen LogP contribution >= 0.6 is 11.3 Å². The number of allylic oxidation sites excluding steroid dienone is 5. The molecule has 0 bridgehead atoms. The van der Waals surface area contributed by atoms with Crippen LogP contribution < -0.4 is 0 Å². The average molecular weight is 233 g/mol. The van der Waals surface area contributed by atoms with Gasteiger partial charge in [-0.25, -0.2) is 4.98 Å². The zero-order valence-corrected chi connectivity index (χ0v) is 10.4. The number of carbonyl (C=O) groups excluding carboxylic acids is 1. The lowest BCUT2D eigenvalue weighted by atomic mass is 10.2. The number of nitrogens with zero attached hydrogens (tertiary/aromatic N) is 1. The van der Waals surface area contributed by atoms with Crippen LogP contribution in [-0.4, -0.2) is 10.8 Å². The lowest BCUT2D eigenvalue weighted by molar-refractivity contribution is 0.0988. The van der Waals surface area contributed by atoms with E-state index >= 15 is 0 Å². The van der Waals surface area contributed by atoms with Crippen LogP contribution in [0, 0.1) is 0 Å². The maximum atomic E-state index is 11.4. The van der Waals surface area contributed by atoms with Gasteiger partial charge in [0.15, 0.2) is 10.8 Å². The molecule has 0 aliphatic carbocycles. The van der Waals surface area contributed by atoms with Crippen molar-refractivity contribution in [3.63, 3.8) is 0 Å². The maximum Gasteiger partial charge on any atom is 0.191 e. The Morgan fingerprint density at radius 3 is 2.94 bits per heavy atom. The van der Waals surface area contributed by atoms with Gasteiger partial charge < -0.3 is 0 Å². The zero-order valence-electron chi connectivity index (χ0n) is 9.56. The second-order valence-corrected chi connectivity index (χ2v) is 4.01. The van der Waals surface area contributed by atoms with Crippen LogP contribution in [0.15, 0.2) is 36.3 Å². The quantitative estimate of drug-likeness (QED) is 0.570. The summed E-state index contributed by atoms with van der Waals surface area (Å²) < 4.78 is 0. The number of thiazole rings is 1. The monoisotopic (exact) mass is 233 g/mol. The minimum absolute atomic E-state index is 0.0967. The van der Waals surface area contributed by atoms with Crippen molar-refractivity contribution < 1.29 is 4.79 Å². The summed E-state index contributed by atoms with van der Waals surface area (Å²) >= 11 is 1.40. The van der Waals surface area contributed by atoms with Gasteiger partial charge in [0, 0.05) is 11.8 Å². The molecule has 0 atom stereocenters. The van der Waals surface area contributed by atoms with Crippen LogP contribution in [0.25, 0.3) is 5.57 Å². The van der Waals surface area contributed by atoms with Crippen molar-refractivity contribution in [2.24, 2.45) is 0 Å². The lowest BCUT2D eigenvalue weighted by Crippen LogP contribution is -1.95. The first-order valence-corrected chi connectivity index (χ1v) is 6.05. The molecule has 16 heavy (non-hydrogen) atoms. The number of Topliss-reactive ketones (excluding diaryl/α,β-unsaturated/α-hetero) is 1. The summed E-state index contributed by atoms with van der Waals surface area (Å²) in [5, 5.41) is 2.50. The standard InChI is InChI=1S/C13H15NOS/c1-4-7-8-10(5-2)11-9-16-13(14-11)12(15)6-3/h4-5,7-9H,1,6H2,2-3H3/b8-7-,10-5+. The Bertz CT molecular complexity index is 441. The molecule has 0 saturated heterocycles. The van der Waals surface area contributed by atoms with Crippen molar-refractivity contribution in [3.05, 3.63) is 47.0 Å². The van der Waals surface area contributed by atoms with Crippen molar-refractivity contribution in [2.75, 3.05) is 0 Å². The Morgan fingerprint density at radius 2 is 2.38 bits per heavy atom. The first kappa shape index (κ1) is 12.6. The Labute approximate surface area is 100 Å². The predicted molar refractivity (Wildman–Crippen MR) is 69.7 cm³/mol. The Morgan fingerprint density at radius 1 is 1.62 bits per heavy atom. The first-order chi connectivity index (χ1) is 7.72. The first-order valence-electron chi connectivity index (χ1n) is 5.17. The van der Waals surface area contributed by atoms with Crippen molar-refractivity contribution in [2.45, 2.75) is 20.3 Å². The molecule has 0 radical (unpaired) electrons. The Balaban J connectivity index is 2.96. The minimum atomic E-state index is 0.0967. The Hall–Kier alpha value is -1.48. The molecule has 0 fully saturated rings. The highest BCUT2D eigenvalue weighted by atomic mass is 32.1. The van der Waals surface area contributed by atoms with E-state index in [9.17, 15) is 4.79 Å². The van der Waals surface area contributed by atoms with Gasteiger partial charge in [-0.2, -0.15) is 0 Å². The van der Waals surface area contributed by atoms with E-state index in [-0.39, 0.29) is 5.78 Å². The molecule has 2 nitrogen and oxygen atoms in total. The Kier molecular flexibility index (Phi) is 4.86. The highest BCUT2D eigenvalue weighted by Gasteiger charge is 2.09. The largest absolute Gasteiger partial charge is 0.292 e. The van der Waals surface area contributed by atoms with E-state index in [4.69, 9.17) is 0 Å². The van der Waals surface area contributed by atoms with Crippen molar-refractivity contribution in [3.8, 4) is 0 Å². The molecule has 0 spiro atoms. The topological polar surface area (TPSA) is 30.0 Å². The fraction of sp³-hybridized carbons (Fsp3) is 0.231. The highest BCUT2D eigenvalue weighted by molar-refractivity contribution is 7.11. The van der Waals surface area contributed by atoms with Gasteiger partial charge in [0.2, 0.25) is 0 Å². The van der Waals surface area contributed by atoms with Gasteiger partial charge in [0.25, 0.3) is 0 Å². The summed E-state index contributed by atoms with van der Waals surface area (Å²) in [6.45, 7) is 7.41. The van der Waals surface area contributed by atoms with E-state index in [1.807, 2.05) is 37.5 Å². The summed E-state index contributed by atoms with van der Waals surface area (Å²) in [7, 11) is 0. The fourth-order valence-corrected chi connectivity index (χ4v) is 2.03. The molecule has 1 aromatic heterocycles. The molecule has 1 heterocycles. The van der Waals surface area contributed by atoms with Crippen LogP contribution in [0.1, 0.15) is 35.8 Å². The van der Waals surface area contributed by atoms with Gasteiger partial charge in [-0.15, -0.1) is 11.3 Å². The lowest BCUT2D eigenvalue weighted by Gasteiger charge is -1.94. The average Bonchev–Trinajstić information content (AvgIpc) is 2.78. The second kappa shape index (κ2) is 6.18. The van der Waals surface area contributed by atoms with Gasteiger partial charge in [0.05, 0.1) is 5.69 Å². The van der Waals surface area contributed by atoms with Gasteiger partial charge in [0.1, 0.15) is 0 Å². The third kappa shape index (κ3) is 3.00. The van der Waals surface area contributed by atoms with Gasteiger partial charge in [-0.05, 0) is 12.5 Å². The van der Waals surface area contributed by atoms with Crippen molar-refractivity contribution in [1.82, 2.24) is 4.98 Å². The van der Waals surface area contributed by atoms with Gasteiger partial charge in [-0.1, -0.05) is 37.8 Å². The van der Waals surface area contributed by atoms with Crippen LogP contribution in [0.4, 0.5) is 0 Å². The minimum Gasteiger partial charge on any atom is -0.292 e. The maximum absolute atomic E-state index is 11.4. The number of hydrogen-bond acceptors (Lipinski definition) is 3. The normalized spacial score (nSPS) is 12.0. The smallest absolute Gasteiger partial charge is 0.191 e. The number of carbonyl (C=O) groups is 1. The van der Waals surface area contributed by atoms with E-state index < -0.39 is 0 Å². The molecule has 1 rings (SSSR count). The summed E-state index contributed by atoms with van der Waals surface area (Å²) in [5.74, 6) is 0.0967. The molecule has 1 aromatic rings. The second-order valence-electron chi connectivity index (χ2n) is 3.15. The van der Waals surface area contributed by atoms with Gasteiger partial charge >= 0.3 is 0 Å². The number of aromatic nitrogens is 1. The number of rotatable bonds is 5. The summed E-state index contributed by atoms with van der Waals surface area (Å²) in [6, 6.07) is 0. The molecule has 84 valence electrons. The molecule has 0 aliphatic heterocycles. The van der Waals surface area contributed by atoms with E-state index in [0.717, 1.165) is 11.3 Å². The molecule has 0 saturated carbocycles. The van der Waals surface area contributed by atoms with Crippen LogP contribution in [0.3, 0.4) is 0 Å². The van der Waals surface area contributed by atoms with E-state index in [2.05, 4.69) is 11.6 Å². The van der Waals surface area contributed by atoms with E-state index in [1.54, 1.807) is 6.08 Å². The molecule has 0 unspecified atom stereocenters. The molecule has 0 aromatic carbocycles. The number of ketones is 1.